The number of imide groups is 1. The quantitative estimate of drug-likeness (QED) is 0.538. The Hall–Kier alpha value is -3.76. The number of nitrogens with zero attached hydrogens (tertiary/aromatic N) is 1. The van der Waals surface area contributed by atoms with Gasteiger partial charge in [-0.1, -0.05) is 12.1 Å². The number of hydrogen-bond donors (Lipinski definition) is 2. The highest BCUT2D eigenvalue weighted by Gasteiger charge is 2.39. The maximum atomic E-state index is 13.8. The number of piperidine rings is 1. The molecule has 7 nitrogen and oxygen atoms in total. The second kappa shape index (κ2) is 8.30. The Morgan fingerprint density at radius 2 is 1.91 bits per heavy atom. The van der Waals surface area contributed by atoms with E-state index in [1.807, 2.05) is 0 Å². The Morgan fingerprint density at radius 1 is 1.15 bits per heavy atom. The van der Waals surface area contributed by atoms with E-state index in [0.29, 0.717) is 28.8 Å². The monoisotopic (exact) mass is 463 g/mol. The molecular weight excluding hydrogens is 446 g/mol. The van der Waals surface area contributed by atoms with Crippen LogP contribution in [-0.2, 0) is 28.9 Å². The van der Waals surface area contributed by atoms with Gasteiger partial charge < -0.3 is 10.2 Å². The fraction of sp³-hybridized carbons (Fsp3) is 0.273. The van der Waals surface area contributed by atoms with Crippen molar-refractivity contribution in [1.82, 2.24) is 15.5 Å². The second-order valence-electron chi connectivity index (χ2n) is 7.72. The lowest BCUT2D eigenvalue weighted by Gasteiger charge is -2.29. The molecule has 1 unspecified atom stereocenters. The molecule has 1 fully saturated rings. The van der Waals surface area contributed by atoms with Crippen LogP contribution in [-0.4, -0.2) is 34.6 Å². The molecule has 2 aliphatic rings. The Balaban J connectivity index is 1.48. The van der Waals surface area contributed by atoms with Crippen molar-refractivity contribution in [1.29, 1.82) is 0 Å². The minimum absolute atomic E-state index is 0.0683. The van der Waals surface area contributed by atoms with E-state index < -0.39 is 41.3 Å². The Labute approximate surface area is 184 Å². The van der Waals surface area contributed by atoms with Crippen LogP contribution < -0.4 is 10.6 Å². The molecular formula is C22H17F4N3O4. The van der Waals surface area contributed by atoms with Gasteiger partial charge in [0.25, 0.3) is 11.8 Å². The van der Waals surface area contributed by atoms with Crippen LogP contribution in [0.5, 0.6) is 0 Å². The molecule has 2 aliphatic heterocycles. The molecule has 11 heteroatoms. The summed E-state index contributed by atoms with van der Waals surface area (Å²) >= 11 is 0. The number of rotatable bonds is 4. The van der Waals surface area contributed by atoms with Gasteiger partial charge in [-0.3, -0.25) is 24.5 Å². The van der Waals surface area contributed by atoms with Gasteiger partial charge in [-0.15, -0.1) is 0 Å². The molecule has 0 spiro atoms. The van der Waals surface area contributed by atoms with Gasteiger partial charge in [-0.2, -0.15) is 13.2 Å². The summed E-state index contributed by atoms with van der Waals surface area (Å²) in [5, 5.41) is 4.73. The summed E-state index contributed by atoms with van der Waals surface area (Å²) in [7, 11) is 0. The van der Waals surface area contributed by atoms with Crippen molar-refractivity contribution in [3.05, 3.63) is 70.0 Å². The summed E-state index contributed by atoms with van der Waals surface area (Å²) in [6.07, 6.45) is -4.55. The fourth-order valence-electron chi connectivity index (χ4n) is 3.98. The van der Waals surface area contributed by atoms with E-state index in [1.54, 1.807) is 18.2 Å². The van der Waals surface area contributed by atoms with Crippen molar-refractivity contribution >= 4 is 23.6 Å². The van der Waals surface area contributed by atoms with Crippen molar-refractivity contribution in [2.75, 3.05) is 0 Å². The molecule has 2 heterocycles. The van der Waals surface area contributed by atoms with Crippen LogP contribution in [0.2, 0.25) is 0 Å². The Morgan fingerprint density at radius 3 is 2.58 bits per heavy atom. The molecule has 1 atom stereocenters. The second-order valence-corrected chi connectivity index (χ2v) is 7.72. The molecule has 0 aliphatic carbocycles. The third-order valence-corrected chi connectivity index (χ3v) is 5.66. The highest BCUT2D eigenvalue weighted by Crippen LogP contribution is 2.32. The summed E-state index contributed by atoms with van der Waals surface area (Å²) in [5.41, 5.74) is -0.240. The van der Waals surface area contributed by atoms with Crippen LogP contribution in [0.1, 0.15) is 50.2 Å². The minimum Gasteiger partial charge on any atom is -0.348 e. The first-order chi connectivity index (χ1) is 15.6. The first kappa shape index (κ1) is 22.4. The molecule has 172 valence electrons. The predicted molar refractivity (Wildman–Crippen MR) is 105 cm³/mol. The zero-order valence-electron chi connectivity index (χ0n) is 17.0. The van der Waals surface area contributed by atoms with Crippen LogP contribution in [0.3, 0.4) is 0 Å². The topological polar surface area (TPSA) is 95.6 Å². The Kier molecular flexibility index (Phi) is 5.64. The van der Waals surface area contributed by atoms with Gasteiger partial charge in [0.15, 0.2) is 0 Å². The van der Waals surface area contributed by atoms with Crippen molar-refractivity contribution < 1.29 is 36.7 Å². The summed E-state index contributed by atoms with van der Waals surface area (Å²) in [5.74, 6) is -3.67. The normalized spacial score (nSPS) is 18.2. The molecule has 1 saturated heterocycles. The number of fused-ring (bicyclic) bond motifs is 1. The summed E-state index contributed by atoms with van der Waals surface area (Å²) in [6, 6.07) is 5.95. The number of nitrogens with one attached hydrogen (secondary N) is 2. The van der Waals surface area contributed by atoms with Crippen molar-refractivity contribution in [3.8, 4) is 0 Å². The van der Waals surface area contributed by atoms with Crippen LogP contribution >= 0.6 is 0 Å². The zero-order valence-corrected chi connectivity index (χ0v) is 17.0. The average Bonchev–Trinajstić information content (AvgIpc) is 3.08. The summed E-state index contributed by atoms with van der Waals surface area (Å²) < 4.78 is 51.9. The molecule has 2 aromatic carbocycles. The maximum absolute atomic E-state index is 13.8. The molecule has 0 radical (unpaired) electrons. The third kappa shape index (κ3) is 4.30. The maximum Gasteiger partial charge on any atom is 0.419 e. The largest absolute Gasteiger partial charge is 0.419 e. The third-order valence-electron chi connectivity index (χ3n) is 5.66. The van der Waals surface area contributed by atoms with Crippen molar-refractivity contribution in [2.24, 2.45) is 0 Å². The van der Waals surface area contributed by atoms with Gasteiger partial charge in [0.05, 0.1) is 5.56 Å². The van der Waals surface area contributed by atoms with E-state index in [4.69, 9.17) is 0 Å². The van der Waals surface area contributed by atoms with Crippen LogP contribution in [0.4, 0.5) is 17.6 Å². The standard InChI is InChI=1S/C22H17F4N3O4/c23-16-8-11(4-5-15(16)22(24,25)26)19(31)27-9-12-2-1-3-13-14(12)10-29(21(13)33)17-6-7-18(30)28-20(17)32/h1-5,8,17H,6-7,9-10H2,(H,27,31)(H,28,30,32). The smallest absolute Gasteiger partial charge is 0.348 e. The molecule has 4 amide bonds. The minimum atomic E-state index is -4.87. The lowest BCUT2D eigenvalue weighted by Crippen LogP contribution is -2.52. The highest BCUT2D eigenvalue weighted by molar-refractivity contribution is 6.05. The van der Waals surface area contributed by atoms with Crippen LogP contribution in [0.15, 0.2) is 36.4 Å². The van der Waals surface area contributed by atoms with E-state index >= 15 is 0 Å². The number of carbonyl (C=O) groups is 4. The number of benzene rings is 2. The summed E-state index contributed by atoms with van der Waals surface area (Å²) in [4.78, 5) is 50.1. The fourth-order valence-corrected chi connectivity index (χ4v) is 3.98. The summed E-state index contributed by atoms with van der Waals surface area (Å²) in [6.45, 7) is 0.0303. The molecule has 2 N–H and O–H groups in total. The molecule has 0 aromatic heterocycles. The van der Waals surface area contributed by atoms with E-state index in [-0.39, 0.29) is 37.4 Å². The SMILES string of the molecule is O=C1CCC(N2Cc3c(CNC(=O)c4ccc(C(F)(F)F)c(F)c4)cccc3C2=O)C(=O)N1. The van der Waals surface area contributed by atoms with E-state index in [2.05, 4.69) is 10.6 Å². The first-order valence-electron chi connectivity index (χ1n) is 9.96. The van der Waals surface area contributed by atoms with Gasteiger partial charge in [0, 0.05) is 30.6 Å². The van der Waals surface area contributed by atoms with E-state index in [0.717, 1.165) is 6.07 Å². The highest BCUT2D eigenvalue weighted by atomic mass is 19.4. The van der Waals surface area contributed by atoms with Crippen molar-refractivity contribution in [2.45, 2.75) is 38.1 Å². The van der Waals surface area contributed by atoms with Gasteiger partial charge in [-0.25, -0.2) is 4.39 Å². The van der Waals surface area contributed by atoms with Gasteiger partial charge in [0.2, 0.25) is 11.8 Å². The van der Waals surface area contributed by atoms with Gasteiger partial charge >= 0.3 is 6.18 Å². The predicted octanol–water partition coefficient (Wildman–Crippen LogP) is 2.54. The van der Waals surface area contributed by atoms with Crippen LogP contribution in [0, 0.1) is 5.82 Å². The van der Waals surface area contributed by atoms with Crippen molar-refractivity contribution in [3.63, 3.8) is 0 Å². The van der Waals surface area contributed by atoms with Gasteiger partial charge in [-0.05, 0) is 41.8 Å². The molecule has 0 bridgehead atoms. The Bertz CT molecular complexity index is 1180. The average molecular weight is 463 g/mol. The number of halogens is 4. The molecule has 4 rings (SSSR count). The number of amides is 4. The van der Waals surface area contributed by atoms with Crippen LogP contribution in [0.25, 0.3) is 0 Å². The number of alkyl halides is 3. The molecule has 33 heavy (non-hydrogen) atoms. The number of hydrogen-bond acceptors (Lipinski definition) is 4. The number of carbonyl (C=O) groups excluding carboxylic acids is 4. The van der Waals surface area contributed by atoms with E-state index in [9.17, 15) is 36.7 Å². The lowest BCUT2D eigenvalue weighted by molar-refractivity contribution is -0.140. The first-order valence-corrected chi connectivity index (χ1v) is 9.96. The molecule has 0 saturated carbocycles. The lowest BCUT2D eigenvalue weighted by atomic mass is 10.0. The van der Waals surface area contributed by atoms with E-state index in [1.165, 1.54) is 4.90 Å². The zero-order chi connectivity index (χ0) is 23.9. The molecule has 2 aromatic rings. The van der Waals surface area contributed by atoms with Gasteiger partial charge in [0.1, 0.15) is 11.9 Å².